The fraction of sp³-hybridized carbons (Fsp3) is 0.0500. The number of pyridine rings is 1. The van der Waals surface area contributed by atoms with Gasteiger partial charge in [-0.15, -0.1) is 0 Å². The second kappa shape index (κ2) is 6.20. The molecule has 0 aliphatic carbocycles. The molecule has 0 aliphatic heterocycles. The first kappa shape index (κ1) is 15.1. The zero-order valence-electron chi connectivity index (χ0n) is 13.7. The topological polar surface area (TPSA) is 59.8 Å². The lowest BCUT2D eigenvalue weighted by atomic mass is 10.1. The predicted molar refractivity (Wildman–Crippen MR) is 98.0 cm³/mol. The van der Waals surface area contributed by atoms with E-state index in [1.807, 2.05) is 61.7 Å². The number of anilines is 1. The zero-order valence-corrected chi connectivity index (χ0v) is 13.7. The molecule has 1 amide bonds. The Morgan fingerprint density at radius 1 is 1.00 bits per heavy atom. The van der Waals surface area contributed by atoms with Crippen LogP contribution in [0.5, 0.6) is 0 Å². The van der Waals surface area contributed by atoms with Crippen LogP contribution in [0.15, 0.2) is 73.2 Å². The van der Waals surface area contributed by atoms with Crippen LogP contribution < -0.4 is 5.32 Å². The third kappa shape index (κ3) is 2.76. The molecule has 2 aromatic heterocycles. The summed E-state index contributed by atoms with van der Waals surface area (Å²) in [5.41, 5.74) is 4.00. The summed E-state index contributed by atoms with van der Waals surface area (Å²) < 4.78 is 1.68. The largest absolute Gasteiger partial charge is 0.321 e. The van der Waals surface area contributed by atoms with Gasteiger partial charge < -0.3 is 5.32 Å². The van der Waals surface area contributed by atoms with Crippen LogP contribution in [0, 0.1) is 6.92 Å². The quantitative estimate of drug-likeness (QED) is 0.619. The first-order valence-corrected chi connectivity index (χ1v) is 7.99. The number of rotatable bonds is 3. The number of para-hydroxylation sites is 1. The van der Waals surface area contributed by atoms with E-state index in [-0.39, 0.29) is 5.91 Å². The monoisotopic (exact) mass is 328 g/mol. The minimum atomic E-state index is -0.180. The Kier molecular flexibility index (Phi) is 3.74. The molecular formula is C20H16N4O. The fourth-order valence-electron chi connectivity index (χ4n) is 2.89. The summed E-state index contributed by atoms with van der Waals surface area (Å²) >= 11 is 0. The van der Waals surface area contributed by atoms with Crippen LogP contribution in [0.25, 0.3) is 16.6 Å². The molecule has 1 N–H and O–H groups in total. The van der Waals surface area contributed by atoms with Crippen molar-refractivity contribution in [3.63, 3.8) is 0 Å². The number of amides is 1. The van der Waals surface area contributed by atoms with Crippen LogP contribution in [0.4, 0.5) is 5.69 Å². The van der Waals surface area contributed by atoms with E-state index in [1.165, 1.54) is 0 Å². The molecule has 25 heavy (non-hydrogen) atoms. The van der Waals surface area contributed by atoms with Crippen molar-refractivity contribution in [3.05, 3.63) is 84.3 Å². The summed E-state index contributed by atoms with van der Waals surface area (Å²) in [6.45, 7) is 2.01. The van der Waals surface area contributed by atoms with Gasteiger partial charge in [0.05, 0.1) is 22.5 Å². The van der Waals surface area contributed by atoms with Gasteiger partial charge in [-0.2, -0.15) is 5.10 Å². The van der Waals surface area contributed by atoms with Gasteiger partial charge in [-0.1, -0.05) is 18.2 Å². The number of aromatic nitrogens is 3. The third-order valence-electron chi connectivity index (χ3n) is 4.12. The van der Waals surface area contributed by atoms with Crippen molar-refractivity contribution >= 4 is 22.5 Å². The molecule has 5 heteroatoms. The van der Waals surface area contributed by atoms with Gasteiger partial charge in [0.2, 0.25) is 0 Å². The normalized spacial score (nSPS) is 10.8. The van der Waals surface area contributed by atoms with Crippen LogP contribution in [0.2, 0.25) is 0 Å². The molecule has 4 rings (SSSR count). The smallest absolute Gasteiger partial charge is 0.257 e. The van der Waals surface area contributed by atoms with Crippen molar-refractivity contribution < 1.29 is 4.79 Å². The molecule has 0 fully saturated rings. The van der Waals surface area contributed by atoms with Crippen molar-refractivity contribution in [2.24, 2.45) is 0 Å². The number of carbonyl (C=O) groups is 1. The van der Waals surface area contributed by atoms with Crippen molar-refractivity contribution in [2.75, 3.05) is 5.32 Å². The highest BCUT2D eigenvalue weighted by atomic mass is 16.1. The summed E-state index contributed by atoms with van der Waals surface area (Å²) in [6, 6.07) is 16.9. The fourth-order valence-corrected chi connectivity index (χ4v) is 2.89. The maximum Gasteiger partial charge on any atom is 0.257 e. The predicted octanol–water partition coefficient (Wildman–Crippen LogP) is 3.98. The molecule has 4 aromatic rings. The Balaban J connectivity index is 1.74. The van der Waals surface area contributed by atoms with Crippen LogP contribution in [0.3, 0.4) is 0 Å². The summed E-state index contributed by atoms with van der Waals surface area (Å²) in [6.07, 6.45) is 5.26. The zero-order chi connectivity index (χ0) is 17.2. The Morgan fingerprint density at radius 3 is 2.72 bits per heavy atom. The number of carbonyl (C=O) groups excluding carboxylic acids is 1. The average Bonchev–Trinajstić information content (AvgIpc) is 3.19. The summed E-state index contributed by atoms with van der Waals surface area (Å²) in [5, 5.41) is 8.16. The minimum absolute atomic E-state index is 0.180. The molecule has 0 saturated heterocycles. The van der Waals surface area contributed by atoms with Gasteiger partial charge >= 0.3 is 0 Å². The number of fused-ring (bicyclic) bond motifs is 1. The maximum absolute atomic E-state index is 12.9. The number of hydrogen-bond donors (Lipinski definition) is 1. The lowest BCUT2D eigenvalue weighted by molar-refractivity contribution is 0.102. The van der Waals surface area contributed by atoms with Crippen LogP contribution in [0.1, 0.15) is 15.9 Å². The van der Waals surface area contributed by atoms with Crippen LogP contribution in [-0.2, 0) is 0 Å². The van der Waals surface area contributed by atoms with Gasteiger partial charge in [-0.25, -0.2) is 4.68 Å². The van der Waals surface area contributed by atoms with Crippen molar-refractivity contribution in [2.45, 2.75) is 6.92 Å². The van der Waals surface area contributed by atoms with E-state index in [0.717, 1.165) is 27.8 Å². The second-order valence-corrected chi connectivity index (χ2v) is 5.75. The van der Waals surface area contributed by atoms with Crippen LogP contribution >= 0.6 is 0 Å². The lowest BCUT2D eigenvalue weighted by Gasteiger charge is -2.12. The molecule has 2 aromatic carbocycles. The highest BCUT2D eigenvalue weighted by molar-refractivity contribution is 6.10. The van der Waals surface area contributed by atoms with E-state index in [1.54, 1.807) is 23.1 Å². The Bertz CT molecular complexity index is 1050. The molecule has 0 atom stereocenters. The van der Waals surface area contributed by atoms with E-state index in [9.17, 15) is 4.79 Å². The second-order valence-electron chi connectivity index (χ2n) is 5.75. The van der Waals surface area contributed by atoms with Crippen molar-refractivity contribution in [1.82, 2.24) is 14.8 Å². The lowest BCUT2D eigenvalue weighted by Crippen LogP contribution is -2.15. The van der Waals surface area contributed by atoms with Crippen molar-refractivity contribution in [1.29, 1.82) is 0 Å². The molecule has 0 spiro atoms. The Hall–Kier alpha value is -3.47. The van der Waals surface area contributed by atoms with Gasteiger partial charge in [0.25, 0.3) is 5.91 Å². The molecule has 122 valence electrons. The number of nitrogens with one attached hydrogen (secondary N) is 1. The first-order chi connectivity index (χ1) is 12.2. The number of hydrogen-bond acceptors (Lipinski definition) is 3. The molecule has 0 unspecified atom stereocenters. The molecule has 0 saturated carbocycles. The number of nitrogens with zero attached hydrogens (tertiary/aromatic N) is 3. The number of aryl methyl sites for hydroxylation is 1. The van der Waals surface area contributed by atoms with E-state index in [0.29, 0.717) is 5.56 Å². The summed E-state index contributed by atoms with van der Waals surface area (Å²) in [4.78, 5) is 17.3. The van der Waals surface area contributed by atoms with Gasteiger partial charge in [-0.3, -0.25) is 9.78 Å². The van der Waals surface area contributed by atoms with E-state index < -0.39 is 0 Å². The van der Waals surface area contributed by atoms with Gasteiger partial charge in [0.15, 0.2) is 0 Å². The third-order valence-corrected chi connectivity index (χ3v) is 4.12. The van der Waals surface area contributed by atoms with Gasteiger partial charge in [0.1, 0.15) is 0 Å². The van der Waals surface area contributed by atoms with Gasteiger partial charge in [0, 0.05) is 24.0 Å². The molecule has 2 heterocycles. The van der Waals surface area contributed by atoms with E-state index in [2.05, 4.69) is 15.4 Å². The van der Waals surface area contributed by atoms with Crippen molar-refractivity contribution in [3.8, 4) is 5.69 Å². The summed E-state index contributed by atoms with van der Waals surface area (Å²) in [5.74, 6) is -0.180. The molecule has 0 bridgehead atoms. The van der Waals surface area contributed by atoms with E-state index >= 15 is 0 Å². The number of benzene rings is 2. The molecular weight excluding hydrogens is 312 g/mol. The van der Waals surface area contributed by atoms with Crippen LogP contribution in [-0.4, -0.2) is 20.7 Å². The highest BCUT2D eigenvalue weighted by Gasteiger charge is 2.14. The van der Waals surface area contributed by atoms with E-state index in [4.69, 9.17) is 0 Å². The average molecular weight is 328 g/mol. The Labute approximate surface area is 144 Å². The summed E-state index contributed by atoms with van der Waals surface area (Å²) in [7, 11) is 0. The molecule has 5 nitrogen and oxygen atoms in total. The maximum atomic E-state index is 12.9. The SMILES string of the molecule is Cc1ccc(NC(=O)c2ccccc2-n2cccn2)c2cccnc12. The Morgan fingerprint density at radius 2 is 1.88 bits per heavy atom. The standard InChI is InChI=1S/C20H16N4O/c1-14-9-10-17(15-7-4-11-21-19(14)15)23-20(25)16-6-2-3-8-18(16)24-13-5-12-22-24/h2-13H,1H3,(H,23,25). The molecule has 0 aliphatic rings. The molecule has 0 radical (unpaired) electrons. The minimum Gasteiger partial charge on any atom is -0.321 e. The first-order valence-electron chi connectivity index (χ1n) is 7.99. The van der Waals surface area contributed by atoms with Gasteiger partial charge in [-0.05, 0) is 48.9 Å². The highest BCUT2D eigenvalue weighted by Crippen LogP contribution is 2.25.